The van der Waals surface area contributed by atoms with E-state index in [1.807, 2.05) is 30.3 Å². The molecule has 0 saturated carbocycles. The Labute approximate surface area is 188 Å². The fourth-order valence-corrected chi connectivity index (χ4v) is 3.91. The van der Waals surface area contributed by atoms with Crippen LogP contribution in [0.3, 0.4) is 0 Å². The first-order valence-corrected chi connectivity index (χ1v) is 10.4. The molecule has 0 amide bonds. The fraction of sp³-hybridized carbons (Fsp3) is 0.167. The fourth-order valence-electron chi connectivity index (χ4n) is 3.78. The second-order valence-electron chi connectivity index (χ2n) is 7.40. The molecule has 0 aliphatic rings. The van der Waals surface area contributed by atoms with E-state index in [1.165, 1.54) is 0 Å². The molecule has 5 aromatic rings. The van der Waals surface area contributed by atoms with Crippen molar-refractivity contribution >= 4 is 33.5 Å². The van der Waals surface area contributed by atoms with Crippen LogP contribution in [0.5, 0.6) is 0 Å². The maximum Gasteiger partial charge on any atom is 0.266 e. The van der Waals surface area contributed by atoms with Crippen LogP contribution in [0.15, 0.2) is 70.0 Å². The molecule has 7 nitrogen and oxygen atoms in total. The van der Waals surface area contributed by atoms with Crippen LogP contribution in [0.2, 0.25) is 5.02 Å². The lowest BCUT2D eigenvalue weighted by molar-refractivity contribution is -0.101. The molecule has 32 heavy (non-hydrogen) atoms. The maximum absolute atomic E-state index is 13.3. The number of halogens is 1. The van der Waals surface area contributed by atoms with E-state index < -0.39 is 6.29 Å². The van der Waals surface area contributed by atoms with Crippen LogP contribution in [0.1, 0.15) is 5.69 Å². The van der Waals surface area contributed by atoms with Crippen LogP contribution < -0.4 is 5.56 Å². The monoisotopic (exact) mass is 449 g/mol. The summed E-state index contributed by atoms with van der Waals surface area (Å²) in [6.07, 6.45) is 1.83. The van der Waals surface area contributed by atoms with E-state index >= 15 is 0 Å². The van der Waals surface area contributed by atoms with Gasteiger partial charge >= 0.3 is 0 Å². The smallest absolute Gasteiger partial charge is 0.266 e. The van der Waals surface area contributed by atoms with E-state index in [4.69, 9.17) is 25.5 Å². The molecule has 8 heteroatoms. The Hall–Kier alpha value is -3.39. The van der Waals surface area contributed by atoms with Gasteiger partial charge in [0.25, 0.3) is 5.56 Å². The zero-order valence-corrected chi connectivity index (χ0v) is 18.2. The number of rotatable bonds is 6. The second-order valence-corrected chi connectivity index (χ2v) is 7.83. The minimum Gasteiger partial charge on any atom is -0.456 e. The third-order valence-corrected chi connectivity index (χ3v) is 5.76. The number of furan rings is 1. The Balaban J connectivity index is 1.57. The maximum atomic E-state index is 13.3. The zero-order chi connectivity index (χ0) is 22.2. The summed E-state index contributed by atoms with van der Waals surface area (Å²) in [5.74, 6) is 0.615. The average molecular weight is 450 g/mol. The first-order valence-electron chi connectivity index (χ1n) is 10.0. The topological polar surface area (TPSA) is 82.3 Å². The van der Waals surface area contributed by atoms with Crippen LogP contribution in [0.25, 0.3) is 38.9 Å². The van der Waals surface area contributed by atoms with Crippen molar-refractivity contribution in [2.75, 3.05) is 14.2 Å². The van der Waals surface area contributed by atoms with E-state index in [9.17, 15) is 4.79 Å². The molecule has 3 aromatic heterocycles. The highest BCUT2D eigenvalue weighted by Crippen LogP contribution is 2.28. The number of nitrogens with zero attached hydrogens (tertiary/aromatic N) is 2. The quantitative estimate of drug-likeness (QED) is 0.371. The number of aromatic amines is 1. The number of nitrogens with one attached hydrogen (secondary N) is 1. The SMILES string of the molecule is COC(Cc1[nH]nc2ccc(-n3ccc4oc(-c5ccc(Cl)cc5)cc4c3=O)cc12)OC. The summed E-state index contributed by atoms with van der Waals surface area (Å²) in [6.45, 7) is 0. The molecular weight excluding hydrogens is 430 g/mol. The van der Waals surface area contributed by atoms with Crippen molar-refractivity contribution in [2.45, 2.75) is 12.7 Å². The van der Waals surface area contributed by atoms with E-state index in [1.54, 1.807) is 49.2 Å². The van der Waals surface area contributed by atoms with Gasteiger partial charge in [-0.25, -0.2) is 0 Å². The molecule has 1 N–H and O–H groups in total. The van der Waals surface area contributed by atoms with Crippen LogP contribution in [0, 0.1) is 0 Å². The molecule has 0 saturated heterocycles. The van der Waals surface area contributed by atoms with Crippen molar-refractivity contribution in [3.63, 3.8) is 0 Å². The van der Waals surface area contributed by atoms with Gasteiger partial charge in [0.05, 0.1) is 10.9 Å². The molecule has 0 aliphatic heterocycles. The van der Waals surface area contributed by atoms with E-state index in [0.29, 0.717) is 28.2 Å². The second kappa shape index (κ2) is 8.27. The number of pyridine rings is 1. The molecule has 2 aromatic carbocycles. The van der Waals surface area contributed by atoms with Crippen molar-refractivity contribution in [1.29, 1.82) is 0 Å². The predicted molar refractivity (Wildman–Crippen MR) is 123 cm³/mol. The molecule has 0 unspecified atom stereocenters. The van der Waals surface area contributed by atoms with Crippen LogP contribution in [-0.2, 0) is 15.9 Å². The number of hydrogen-bond donors (Lipinski definition) is 1. The van der Waals surface area contributed by atoms with Gasteiger partial charge in [0.15, 0.2) is 6.29 Å². The molecule has 5 rings (SSSR count). The highest BCUT2D eigenvalue weighted by molar-refractivity contribution is 6.30. The number of fused-ring (bicyclic) bond motifs is 2. The molecule has 0 aliphatic carbocycles. The molecule has 3 heterocycles. The first-order chi connectivity index (χ1) is 15.6. The number of H-pyrrole nitrogens is 1. The van der Waals surface area contributed by atoms with Crippen molar-refractivity contribution in [2.24, 2.45) is 0 Å². The summed E-state index contributed by atoms with van der Waals surface area (Å²) < 4.78 is 18.1. The van der Waals surface area contributed by atoms with Gasteiger partial charge in [-0.05, 0) is 54.6 Å². The van der Waals surface area contributed by atoms with Crippen molar-refractivity contribution < 1.29 is 13.9 Å². The summed E-state index contributed by atoms with van der Waals surface area (Å²) in [7, 11) is 3.19. The summed E-state index contributed by atoms with van der Waals surface area (Å²) in [5.41, 5.74) is 3.63. The van der Waals surface area contributed by atoms with E-state index in [0.717, 1.165) is 27.8 Å². The van der Waals surface area contributed by atoms with Gasteiger partial charge in [0, 0.05) is 54.2 Å². The standard InChI is InChI=1S/C24H20ClN3O4/c1-30-23(31-2)13-20-17-11-16(7-8-19(17)26-27-20)28-10-9-21-18(24(28)29)12-22(32-21)14-3-5-15(25)6-4-14/h3-12,23H,13H2,1-2H3,(H,26,27). The van der Waals surface area contributed by atoms with E-state index in [-0.39, 0.29) is 5.56 Å². The third kappa shape index (κ3) is 3.60. The number of aromatic nitrogens is 3. The summed E-state index contributed by atoms with van der Waals surface area (Å²) in [4.78, 5) is 13.3. The summed E-state index contributed by atoms with van der Waals surface area (Å²) in [5, 5.41) is 9.43. The van der Waals surface area contributed by atoms with Crippen LogP contribution in [-0.4, -0.2) is 35.3 Å². The zero-order valence-electron chi connectivity index (χ0n) is 17.5. The Morgan fingerprint density at radius 3 is 2.59 bits per heavy atom. The highest BCUT2D eigenvalue weighted by atomic mass is 35.5. The normalized spacial score (nSPS) is 11.8. The lowest BCUT2D eigenvalue weighted by Crippen LogP contribution is -2.17. The summed E-state index contributed by atoms with van der Waals surface area (Å²) in [6, 6.07) is 16.5. The Kier molecular flexibility index (Phi) is 5.30. The number of hydrogen-bond acceptors (Lipinski definition) is 5. The molecule has 0 radical (unpaired) electrons. The minimum atomic E-state index is -0.390. The lowest BCUT2D eigenvalue weighted by atomic mass is 10.1. The van der Waals surface area contributed by atoms with Gasteiger partial charge in [-0.3, -0.25) is 14.5 Å². The Morgan fingerprint density at radius 2 is 1.84 bits per heavy atom. The number of benzene rings is 2. The third-order valence-electron chi connectivity index (χ3n) is 5.51. The molecule has 0 atom stereocenters. The van der Waals surface area contributed by atoms with E-state index in [2.05, 4.69) is 10.2 Å². The Morgan fingerprint density at radius 1 is 1.06 bits per heavy atom. The molecule has 0 spiro atoms. The lowest BCUT2D eigenvalue weighted by Gasteiger charge is -2.12. The van der Waals surface area contributed by atoms with Gasteiger partial charge in [0.1, 0.15) is 11.3 Å². The van der Waals surface area contributed by atoms with Crippen LogP contribution in [0.4, 0.5) is 0 Å². The largest absolute Gasteiger partial charge is 0.456 e. The van der Waals surface area contributed by atoms with Gasteiger partial charge in [-0.15, -0.1) is 0 Å². The van der Waals surface area contributed by atoms with Crippen LogP contribution >= 0.6 is 11.6 Å². The highest BCUT2D eigenvalue weighted by Gasteiger charge is 2.15. The van der Waals surface area contributed by atoms with Gasteiger partial charge in [0.2, 0.25) is 0 Å². The van der Waals surface area contributed by atoms with Crippen molar-refractivity contribution in [1.82, 2.24) is 14.8 Å². The minimum absolute atomic E-state index is 0.164. The number of methoxy groups -OCH3 is 2. The molecular formula is C24H20ClN3O4. The predicted octanol–water partition coefficient (Wildman–Crippen LogP) is 4.94. The molecule has 0 fully saturated rings. The van der Waals surface area contributed by atoms with Gasteiger partial charge in [-0.2, -0.15) is 5.10 Å². The van der Waals surface area contributed by atoms with Crippen molar-refractivity contribution in [3.05, 3.63) is 81.9 Å². The number of ether oxygens (including phenoxy) is 2. The molecule has 0 bridgehead atoms. The molecule has 162 valence electrons. The van der Waals surface area contributed by atoms with Gasteiger partial charge in [-0.1, -0.05) is 11.6 Å². The summed E-state index contributed by atoms with van der Waals surface area (Å²) >= 11 is 5.98. The Bertz CT molecular complexity index is 1460. The average Bonchev–Trinajstić information content (AvgIpc) is 3.42. The van der Waals surface area contributed by atoms with Crippen molar-refractivity contribution in [3.8, 4) is 17.0 Å². The first kappa shape index (κ1) is 20.5. The van der Waals surface area contributed by atoms with Gasteiger partial charge < -0.3 is 13.9 Å².